The van der Waals surface area contributed by atoms with Crippen molar-refractivity contribution in [1.82, 2.24) is 19.5 Å². The number of sulfonamides is 1. The first-order valence-corrected chi connectivity index (χ1v) is 10.9. The van der Waals surface area contributed by atoms with Crippen LogP contribution in [0.1, 0.15) is 25.5 Å². The van der Waals surface area contributed by atoms with E-state index in [1.807, 2.05) is 44.2 Å². The minimum Gasteiger partial charge on any atom is -0.352 e. The van der Waals surface area contributed by atoms with E-state index in [9.17, 15) is 8.42 Å². The molecular formula is C18H26N6O2S. The van der Waals surface area contributed by atoms with Crippen molar-refractivity contribution >= 4 is 27.5 Å². The van der Waals surface area contributed by atoms with Gasteiger partial charge in [-0.05, 0) is 37.6 Å². The molecular weight excluding hydrogens is 364 g/mol. The van der Waals surface area contributed by atoms with Crippen molar-refractivity contribution in [2.24, 2.45) is 0 Å². The van der Waals surface area contributed by atoms with Crippen LogP contribution < -0.4 is 10.2 Å². The van der Waals surface area contributed by atoms with Crippen LogP contribution in [-0.4, -0.2) is 59.8 Å². The fourth-order valence-electron chi connectivity index (χ4n) is 2.96. The van der Waals surface area contributed by atoms with Gasteiger partial charge in [0, 0.05) is 31.9 Å². The number of rotatable bonds is 7. The van der Waals surface area contributed by atoms with Gasteiger partial charge in [-0.3, -0.25) is 0 Å². The summed E-state index contributed by atoms with van der Waals surface area (Å²) in [6.45, 7) is 6.14. The quantitative estimate of drug-likeness (QED) is 0.775. The first kappa shape index (κ1) is 19.5. The maximum absolute atomic E-state index is 12.3. The highest BCUT2D eigenvalue weighted by Gasteiger charge is 2.26. The van der Waals surface area contributed by atoms with Crippen LogP contribution in [0.2, 0.25) is 0 Å². The Morgan fingerprint density at radius 2 is 1.81 bits per heavy atom. The van der Waals surface area contributed by atoms with Crippen molar-refractivity contribution in [3.05, 3.63) is 36.0 Å². The van der Waals surface area contributed by atoms with E-state index in [4.69, 9.17) is 0 Å². The van der Waals surface area contributed by atoms with Crippen molar-refractivity contribution in [3.8, 4) is 0 Å². The standard InChI is InChI=1S/C18H26N6O2S/c1-3-4-14-27(25,26)24-12-10-23(11-13-24)18-9-8-17(21-22-18)20-16-7-5-6-15(2)19-16/h5-9H,3-4,10-14H2,1-2H3,(H,19,20,21). The number of pyridine rings is 1. The second kappa shape index (κ2) is 8.62. The highest BCUT2D eigenvalue weighted by molar-refractivity contribution is 7.89. The van der Waals surface area contributed by atoms with Gasteiger partial charge in [-0.2, -0.15) is 4.31 Å². The van der Waals surface area contributed by atoms with Gasteiger partial charge in [0.2, 0.25) is 10.0 Å². The summed E-state index contributed by atoms with van der Waals surface area (Å²) in [5, 5.41) is 11.6. The number of hydrogen-bond donors (Lipinski definition) is 1. The van der Waals surface area contributed by atoms with Gasteiger partial charge in [0.05, 0.1) is 5.75 Å². The molecule has 0 radical (unpaired) electrons. The maximum atomic E-state index is 12.3. The van der Waals surface area contributed by atoms with Crippen molar-refractivity contribution < 1.29 is 8.42 Å². The summed E-state index contributed by atoms with van der Waals surface area (Å²) in [5.74, 6) is 2.33. The van der Waals surface area contributed by atoms with Gasteiger partial charge < -0.3 is 10.2 Å². The summed E-state index contributed by atoms with van der Waals surface area (Å²) in [7, 11) is -3.14. The third-order valence-corrected chi connectivity index (χ3v) is 6.46. The lowest BCUT2D eigenvalue weighted by Gasteiger charge is -2.34. The number of aryl methyl sites for hydroxylation is 1. The summed E-state index contributed by atoms with van der Waals surface area (Å²) in [5.41, 5.74) is 0.927. The molecule has 1 saturated heterocycles. The number of anilines is 3. The molecule has 0 aromatic carbocycles. The molecule has 3 rings (SSSR count). The van der Waals surface area contributed by atoms with Gasteiger partial charge >= 0.3 is 0 Å². The van der Waals surface area contributed by atoms with Crippen LogP contribution in [0.25, 0.3) is 0 Å². The van der Waals surface area contributed by atoms with Crippen LogP contribution in [0, 0.1) is 6.92 Å². The van der Waals surface area contributed by atoms with Crippen LogP contribution in [-0.2, 0) is 10.0 Å². The third kappa shape index (κ3) is 5.14. The van der Waals surface area contributed by atoms with Crippen molar-refractivity contribution in [2.45, 2.75) is 26.7 Å². The fraction of sp³-hybridized carbons (Fsp3) is 0.500. The largest absolute Gasteiger partial charge is 0.352 e. The highest BCUT2D eigenvalue weighted by Crippen LogP contribution is 2.18. The van der Waals surface area contributed by atoms with Gasteiger partial charge in [-0.1, -0.05) is 19.4 Å². The molecule has 1 aliphatic heterocycles. The Bertz CT molecular complexity index is 848. The molecule has 0 unspecified atom stereocenters. The molecule has 8 nitrogen and oxygen atoms in total. The minimum atomic E-state index is -3.14. The zero-order valence-corrected chi connectivity index (χ0v) is 16.6. The van der Waals surface area contributed by atoms with Crippen LogP contribution in [0.5, 0.6) is 0 Å². The van der Waals surface area contributed by atoms with Crippen molar-refractivity contribution in [2.75, 3.05) is 42.1 Å². The number of nitrogens with zero attached hydrogens (tertiary/aromatic N) is 5. The molecule has 3 heterocycles. The van der Waals surface area contributed by atoms with E-state index in [-0.39, 0.29) is 5.75 Å². The summed E-state index contributed by atoms with van der Waals surface area (Å²) < 4.78 is 26.2. The lowest BCUT2D eigenvalue weighted by atomic mass is 10.3. The van der Waals surface area contributed by atoms with Crippen molar-refractivity contribution in [1.29, 1.82) is 0 Å². The van der Waals surface area contributed by atoms with E-state index in [0.717, 1.165) is 23.8 Å². The molecule has 0 amide bonds. The normalized spacial score (nSPS) is 15.7. The Balaban J connectivity index is 1.57. The number of hydrogen-bond acceptors (Lipinski definition) is 7. The molecule has 27 heavy (non-hydrogen) atoms. The molecule has 0 aliphatic carbocycles. The van der Waals surface area contributed by atoms with Gasteiger partial charge in [-0.15, -0.1) is 10.2 Å². The molecule has 2 aromatic rings. The molecule has 1 N–H and O–H groups in total. The lowest BCUT2D eigenvalue weighted by Crippen LogP contribution is -2.49. The van der Waals surface area contributed by atoms with Crippen LogP contribution in [0.3, 0.4) is 0 Å². The molecule has 0 spiro atoms. The maximum Gasteiger partial charge on any atom is 0.214 e. The Kier molecular flexibility index (Phi) is 6.22. The SMILES string of the molecule is CCCCS(=O)(=O)N1CCN(c2ccc(Nc3cccc(C)n3)nn2)CC1. The van der Waals surface area contributed by atoms with Crippen LogP contribution >= 0.6 is 0 Å². The van der Waals surface area contributed by atoms with E-state index in [1.165, 1.54) is 0 Å². The average Bonchev–Trinajstić information content (AvgIpc) is 2.67. The summed E-state index contributed by atoms with van der Waals surface area (Å²) >= 11 is 0. The van der Waals surface area contributed by atoms with Crippen LogP contribution in [0.15, 0.2) is 30.3 Å². The minimum absolute atomic E-state index is 0.233. The second-order valence-electron chi connectivity index (χ2n) is 6.62. The lowest BCUT2D eigenvalue weighted by molar-refractivity contribution is 0.383. The summed E-state index contributed by atoms with van der Waals surface area (Å²) in [6.07, 6.45) is 1.59. The molecule has 1 fully saturated rings. The first-order chi connectivity index (χ1) is 13.0. The Labute approximate surface area is 160 Å². The van der Waals surface area contributed by atoms with E-state index in [0.29, 0.717) is 38.4 Å². The molecule has 146 valence electrons. The fourth-order valence-corrected chi connectivity index (χ4v) is 4.59. The van der Waals surface area contributed by atoms with E-state index in [1.54, 1.807) is 4.31 Å². The van der Waals surface area contributed by atoms with E-state index in [2.05, 4.69) is 25.4 Å². The van der Waals surface area contributed by atoms with E-state index < -0.39 is 10.0 Å². The first-order valence-electron chi connectivity index (χ1n) is 9.25. The van der Waals surface area contributed by atoms with Gasteiger partial charge in [-0.25, -0.2) is 13.4 Å². The summed E-state index contributed by atoms with van der Waals surface area (Å²) in [6, 6.07) is 9.49. The Morgan fingerprint density at radius 3 is 2.44 bits per heavy atom. The molecule has 0 saturated carbocycles. The second-order valence-corrected chi connectivity index (χ2v) is 8.71. The molecule has 2 aromatic heterocycles. The average molecular weight is 391 g/mol. The van der Waals surface area contributed by atoms with Gasteiger partial charge in [0.15, 0.2) is 11.6 Å². The van der Waals surface area contributed by atoms with Gasteiger partial charge in [0.1, 0.15) is 5.82 Å². The van der Waals surface area contributed by atoms with Crippen LogP contribution in [0.4, 0.5) is 17.5 Å². The predicted octanol–water partition coefficient (Wildman–Crippen LogP) is 2.18. The Morgan fingerprint density at radius 1 is 1.04 bits per heavy atom. The zero-order valence-electron chi connectivity index (χ0n) is 15.8. The molecule has 0 atom stereocenters. The zero-order chi connectivity index (χ0) is 19.3. The van der Waals surface area contributed by atoms with Crippen molar-refractivity contribution in [3.63, 3.8) is 0 Å². The number of piperazine rings is 1. The van der Waals surface area contributed by atoms with E-state index >= 15 is 0 Å². The summed E-state index contributed by atoms with van der Waals surface area (Å²) in [4.78, 5) is 6.44. The molecule has 9 heteroatoms. The number of unbranched alkanes of at least 4 members (excludes halogenated alkanes) is 1. The topological polar surface area (TPSA) is 91.3 Å². The Hall–Kier alpha value is -2.26. The highest BCUT2D eigenvalue weighted by atomic mass is 32.2. The smallest absolute Gasteiger partial charge is 0.214 e. The predicted molar refractivity (Wildman–Crippen MR) is 107 cm³/mol. The molecule has 0 bridgehead atoms. The monoisotopic (exact) mass is 390 g/mol. The third-order valence-electron chi connectivity index (χ3n) is 4.51. The number of nitrogens with one attached hydrogen (secondary N) is 1. The molecule has 1 aliphatic rings. The number of aromatic nitrogens is 3. The van der Waals surface area contributed by atoms with Gasteiger partial charge in [0.25, 0.3) is 0 Å².